The van der Waals surface area contributed by atoms with Gasteiger partial charge in [0.15, 0.2) is 0 Å². The molecule has 0 saturated heterocycles. The van der Waals surface area contributed by atoms with Crippen molar-refractivity contribution in [3.63, 3.8) is 0 Å². The van der Waals surface area contributed by atoms with Crippen molar-refractivity contribution in [1.29, 1.82) is 0 Å². The minimum absolute atomic E-state index is 0.543. The van der Waals surface area contributed by atoms with Crippen molar-refractivity contribution in [2.45, 2.75) is 49.8 Å². The summed E-state index contributed by atoms with van der Waals surface area (Å²) in [7, 11) is 0. The molecule has 0 amide bonds. The lowest BCUT2D eigenvalue weighted by molar-refractivity contribution is 0.342. The molecule has 0 aromatic heterocycles. The maximum atomic E-state index is 4.75. The number of rotatable bonds is 0. The molecule has 1 saturated carbocycles. The Morgan fingerprint density at radius 3 is 1.93 bits per heavy atom. The molecular formula is C11H16N2S2. The molecule has 4 atom stereocenters. The van der Waals surface area contributed by atoms with Crippen LogP contribution in [0.15, 0.2) is 9.98 Å². The second-order valence-electron chi connectivity index (χ2n) is 4.69. The first-order valence-corrected chi connectivity index (χ1v) is 7.33. The molecule has 4 heteroatoms. The van der Waals surface area contributed by atoms with E-state index < -0.39 is 0 Å². The van der Waals surface area contributed by atoms with E-state index in [1.54, 1.807) is 0 Å². The Morgan fingerprint density at radius 2 is 1.47 bits per heavy atom. The third-order valence-electron chi connectivity index (χ3n) is 3.59. The van der Waals surface area contributed by atoms with Crippen LogP contribution in [0.3, 0.4) is 0 Å². The van der Waals surface area contributed by atoms with Crippen LogP contribution in [-0.2, 0) is 0 Å². The largest absolute Gasteiger partial charge is 0.279 e. The van der Waals surface area contributed by atoms with Crippen molar-refractivity contribution in [3.8, 4) is 0 Å². The minimum atomic E-state index is 0.543. The normalized spacial score (nSPS) is 48.3. The fourth-order valence-corrected chi connectivity index (χ4v) is 5.65. The molecule has 2 aliphatic heterocycles. The van der Waals surface area contributed by atoms with E-state index in [0.29, 0.717) is 12.1 Å². The van der Waals surface area contributed by atoms with Crippen LogP contribution >= 0.6 is 23.5 Å². The van der Waals surface area contributed by atoms with Crippen LogP contribution in [0.25, 0.3) is 0 Å². The highest BCUT2D eigenvalue weighted by Gasteiger charge is 2.47. The van der Waals surface area contributed by atoms with Gasteiger partial charge in [-0.15, -0.1) is 23.5 Å². The van der Waals surface area contributed by atoms with Gasteiger partial charge in [0, 0.05) is 10.5 Å². The Morgan fingerprint density at radius 1 is 1.00 bits per heavy atom. The van der Waals surface area contributed by atoms with Crippen LogP contribution in [0.5, 0.6) is 0 Å². The molecule has 0 aromatic rings. The summed E-state index contributed by atoms with van der Waals surface area (Å²) < 4.78 is 0. The van der Waals surface area contributed by atoms with Gasteiger partial charge in [0.05, 0.1) is 22.2 Å². The Hall–Kier alpha value is 0.0400. The zero-order valence-electron chi connectivity index (χ0n) is 9.30. The fourth-order valence-electron chi connectivity index (χ4n) is 2.95. The van der Waals surface area contributed by atoms with Crippen LogP contribution in [-0.4, -0.2) is 32.7 Å². The smallest absolute Gasteiger partial charge is 0.0655 e. The third-order valence-corrected chi connectivity index (χ3v) is 6.51. The second-order valence-corrected chi connectivity index (χ2v) is 7.43. The lowest BCUT2D eigenvalue weighted by Crippen LogP contribution is -2.44. The van der Waals surface area contributed by atoms with E-state index in [1.807, 2.05) is 23.5 Å². The SMILES string of the molecule is CC1=NC2CC3N=C(C)SC3C(C)C2S1. The summed E-state index contributed by atoms with van der Waals surface area (Å²) in [5, 5.41) is 4.00. The van der Waals surface area contributed by atoms with E-state index in [9.17, 15) is 0 Å². The van der Waals surface area contributed by atoms with Crippen LogP contribution in [0.4, 0.5) is 0 Å². The van der Waals surface area contributed by atoms with Crippen molar-refractivity contribution in [2.24, 2.45) is 15.9 Å². The number of thioether (sulfide) groups is 2. The maximum absolute atomic E-state index is 4.75. The molecule has 4 unspecified atom stereocenters. The second kappa shape index (κ2) is 3.52. The minimum Gasteiger partial charge on any atom is -0.279 e. The molecule has 2 nitrogen and oxygen atoms in total. The van der Waals surface area contributed by atoms with E-state index in [1.165, 1.54) is 16.5 Å². The zero-order valence-corrected chi connectivity index (χ0v) is 10.9. The summed E-state index contributed by atoms with van der Waals surface area (Å²) in [6.07, 6.45) is 1.17. The van der Waals surface area contributed by atoms with Gasteiger partial charge in [-0.1, -0.05) is 6.92 Å². The Balaban J connectivity index is 1.86. The predicted molar refractivity (Wildman–Crippen MR) is 70.3 cm³/mol. The number of hydrogen-bond donors (Lipinski definition) is 0. The quantitative estimate of drug-likeness (QED) is 0.650. The van der Waals surface area contributed by atoms with Gasteiger partial charge < -0.3 is 0 Å². The first-order chi connectivity index (χ1) is 7.15. The highest BCUT2D eigenvalue weighted by molar-refractivity contribution is 8.15. The lowest BCUT2D eigenvalue weighted by atomic mass is 9.83. The van der Waals surface area contributed by atoms with Gasteiger partial charge in [0.25, 0.3) is 0 Å². The van der Waals surface area contributed by atoms with Gasteiger partial charge in [-0.3, -0.25) is 9.98 Å². The van der Waals surface area contributed by atoms with Crippen molar-refractivity contribution < 1.29 is 0 Å². The Bertz CT molecular complexity index is 318. The van der Waals surface area contributed by atoms with Crippen LogP contribution in [0, 0.1) is 5.92 Å². The summed E-state index contributed by atoms with van der Waals surface area (Å²) in [6, 6.07) is 1.09. The number of fused-ring (bicyclic) bond motifs is 2. The molecule has 3 rings (SSSR count). The number of nitrogens with zero attached hydrogens (tertiary/aromatic N) is 2. The Labute approximate surface area is 99.4 Å². The van der Waals surface area contributed by atoms with Gasteiger partial charge in [0.2, 0.25) is 0 Å². The van der Waals surface area contributed by atoms with E-state index in [2.05, 4.69) is 20.8 Å². The predicted octanol–water partition coefficient (Wildman–Crippen LogP) is 2.83. The van der Waals surface area contributed by atoms with E-state index in [-0.39, 0.29) is 0 Å². The topological polar surface area (TPSA) is 24.7 Å². The lowest BCUT2D eigenvalue weighted by Gasteiger charge is -2.37. The maximum Gasteiger partial charge on any atom is 0.0655 e. The van der Waals surface area contributed by atoms with Crippen molar-refractivity contribution in [3.05, 3.63) is 0 Å². The van der Waals surface area contributed by atoms with Gasteiger partial charge in [-0.05, 0) is 26.2 Å². The van der Waals surface area contributed by atoms with Crippen LogP contribution in [0.2, 0.25) is 0 Å². The van der Waals surface area contributed by atoms with Gasteiger partial charge in [-0.25, -0.2) is 0 Å². The average molecular weight is 240 g/mol. The summed E-state index contributed by atoms with van der Waals surface area (Å²) in [5.74, 6) is 0.742. The van der Waals surface area contributed by atoms with Crippen molar-refractivity contribution in [2.75, 3.05) is 0 Å². The molecule has 2 heterocycles. The summed E-state index contributed by atoms with van der Waals surface area (Å²) in [4.78, 5) is 9.49. The van der Waals surface area contributed by atoms with E-state index in [4.69, 9.17) is 9.98 Å². The average Bonchev–Trinajstić information content (AvgIpc) is 2.69. The molecule has 1 fully saturated rings. The first kappa shape index (κ1) is 10.2. The molecular weight excluding hydrogens is 224 g/mol. The van der Waals surface area contributed by atoms with Gasteiger partial charge >= 0.3 is 0 Å². The third kappa shape index (κ3) is 1.57. The molecule has 15 heavy (non-hydrogen) atoms. The molecule has 1 aliphatic carbocycles. The Kier molecular flexibility index (Phi) is 2.40. The molecule has 3 aliphatic rings. The standard InChI is InChI=1S/C11H16N2S2/c1-5-10-8(12-6(2)14-10)4-9-11(5)15-7(3)13-9/h5,8-11H,4H2,1-3H3. The van der Waals surface area contributed by atoms with Crippen molar-refractivity contribution in [1.82, 2.24) is 0 Å². The molecule has 0 N–H and O–H groups in total. The molecule has 0 bridgehead atoms. The summed E-state index contributed by atoms with van der Waals surface area (Å²) >= 11 is 3.99. The van der Waals surface area contributed by atoms with Crippen LogP contribution < -0.4 is 0 Å². The molecule has 0 spiro atoms. The van der Waals surface area contributed by atoms with Crippen LogP contribution in [0.1, 0.15) is 27.2 Å². The number of aliphatic imine (C=N–C) groups is 2. The monoisotopic (exact) mass is 240 g/mol. The molecule has 82 valence electrons. The zero-order chi connectivity index (χ0) is 10.6. The van der Waals surface area contributed by atoms with E-state index >= 15 is 0 Å². The highest BCUT2D eigenvalue weighted by atomic mass is 32.2. The highest BCUT2D eigenvalue weighted by Crippen LogP contribution is 2.48. The van der Waals surface area contributed by atoms with Gasteiger partial charge in [0.1, 0.15) is 0 Å². The van der Waals surface area contributed by atoms with E-state index in [0.717, 1.165) is 16.4 Å². The molecule has 0 aromatic carbocycles. The fraction of sp³-hybridized carbons (Fsp3) is 0.818. The number of hydrogen-bond acceptors (Lipinski definition) is 4. The first-order valence-electron chi connectivity index (χ1n) is 5.57. The summed E-state index contributed by atoms with van der Waals surface area (Å²) in [6.45, 7) is 6.68. The molecule has 0 radical (unpaired) electrons. The van der Waals surface area contributed by atoms with Crippen molar-refractivity contribution >= 4 is 33.6 Å². The van der Waals surface area contributed by atoms with Gasteiger partial charge in [-0.2, -0.15) is 0 Å². The summed E-state index contributed by atoms with van der Waals surface area (Å²) in [5.41, 5.74) is 0.